The number of ether oxygens (including phenoxy) is 1. The summed E-state index contributed by atoms with van der Waals surface area (Å²) in [7, 11) is 1.69. The van der Waals surface area contributed by atoms with Crippen LogP contribution in [-0.4, -0.2) is 12.2 Å². The van der Waals surface area contributed by atoms with Crippen molar-refractivity contribution in [3.63, 3.8) is 0 Å². The molecule has 0 aliphatic heterocycles. The summed E-state index contributed by atoms with van der Waals surface area (Å²) in [6, 6.07) is 26.8. The first kappa shape index (κ1) is 18.9. The molecule has 138 valence electrons. The van der Waals surface area contributed by atoms with Crippen molar-refractivity contribution in [1.82, 2.24) is 10.6 Å². The molecule has 3 aromatic rings. The number of aryl methyl sites for hydroxylation is 1. The van der Waals surface area contributed by atoms with Gasteiger partial charge >= 0.3 is 0 Å². The van der Waals surface area contributed by atoms with Crippen LogP contribution < -0.4 is 15.4 Å². The molecule has 2 N–H and O–H groups in total. The summed E-state index contributed by atoms with van der Waals surface area (Å²) in [5.74, 6) is 0.868. The topological polar surface area (TPSA) is 33.3 Å². The van der Waals surface area contributed by atoms with Gasteiger partial charge in [0.2, 0.25) is 0 Å². The van der Waals surface area contributed by atoms with Gasteiger partial charge in [-0.3, -0.25) is 0 Å². The molecule has 0 amide bonds. The summed E-state index contributed by atoms with van der Waals surface area (Å²) < 4.78 is 5.47. The van der Waals surface area contributed by atoms with E-state index in [0.717, 1.165) is 11.3 Å². The highest BCUT2D eigenvalue weighted by atomic mass is 32.1. The lowest BCUT2D eigenvalue weighted by Crippen LogP contribution is -2.37. The molecule has 4 heteroatoms. The molecule has 0 heterocycles. The normalized spacial score (nSPS) is 10.5. The maximum absolute atomic E-state index is 5.57. The number of rotatable bonds is 6. The highest BCUT2D eigenvalue weighted by molar-refractivity contribution is 7.80. The smallest absolute Gasteiger partial charge is 0.167 e. The standard InChI is InChI=1S/C23H24N2OS/c1-17-13-14-20(21(15-17)26-2)16-24-23(27)25-22(18-9-5-3-6-10-18)19-11-7-4-8-12-19/h3-15,22H,16H2,1-2H3,(H2,24,25,27). The Balaban J connectivity index is 1.72. The largest absolute Gasteiger partial charge is 0.496 e. The Labute approximate surface area is 166 Å². The average molecular weight is 377 g/mol. The first-order chi connectivity index (χ1) is 13.2. The fourth-order valence-corrected chi connectivity index (χ4v) is 3.20. The number of methoxy groups -OCH3 is 1. The third-order valence-corrected chi connectivity index (χ3v) is 4.69. The van der Waals surface area contributed by atoms with Crippen LogP contribution in [-0.2, 0) is 6.54 Å². The second-order valence-corrected chi connectivity index (χ2v) is 6.80. The van der Waals surface area contributed by atoms with Crippen molar-refractivity contribution < 1.29 is 4.74 Å². The number of thiocarbonyl (C=S) groups is 1. The second kappa shape index (κ2) is 9.19. The molecular weight excluding hydrogens is 352 g/mol. The van der Waals surface area contributed by atoms with Crippen LogP contribution in [0.15, 0.2) is 78.9 Å². The Bertz CT molecular complexity index is 842. The molecule has 0 bridgehead atoms. The molecule has 0 spiro atoms. The van der Waals surface area contributed by atoms with Gasteiger partial charge in [0, 0.05) is 12.1 Å². The van der Waals surface area contributed by atoms with E-state index in [4.69, 9.17) is 17.0 Å². The van der Waals surface area contributed by atoms with Gasteiger partial charge in [0.05, 0.1) is 13.2 Å². The lowest BCUT2D eigenvalue weighted by atomic mass is 9.99. The lowest BCUT2D eigenvalue weighted by Gasteiger charge is -2.22. The van der Waals surface area contributed by atoms with Crippen molar-refractivity contribution in [3.05, 3.63) is 101 Å². The zero-order valence-corrected chi connectivity index (χ0v) is 16.4. The van der Waals surface area contributed by atoms with Crippen LogP contribution in [0.5, 0.6) is 5.75 Å². The Morgan fingerprint density at radius 3 is 2.07 bits per heavy atom. The minimum absolute atomic E-state index is 0.00712. The zero-order chi connectivity index (χ0) is 19.1. The highest BCUT2D eigenvalue weighted by Crippen LogP contribution is 2.22. The number of nitrogens with one attached hydrogen (secondary N) is 2. The van der Waals surface area contributed by atoms with E-state index in [1.54, 1.807) is 7.11 Å². The minimum Gasteiger partial charge on any atom is -0.496 e. The van der Waals surface area contributed by atoms with Gasteiger partial charge in [0.1, 0.15) is 5.75 Å². The van der Waals surface area contributed by atoms with E-state index in [0.29, 0.717) is 11.7 Å². The van der Waals surface area contributed by atoms with E-state index in [1.807, 2.05) is 42.5 Å². The second-order valence-electron chi connectivity index (χ2n) is 6.40. The summed E-state index contributed by atoms with van der Waals surface area (Å²) >= 11 is 5.57. The monoisotopic (exact) mass is 376 g/mol. The van der Waals surface area contributed by atoms with Crippen molar-refractivity contribution in [2.75, 3.05) is 7.11 Å². The van der Waals surface area contributed by atoms with Gasteiger partial charge in [-0.25, -0.2) is 0 Å². The molecule has 0 radical (unpaired) electrons. The van der Waals surface area contributed by atoms with Gasteiger partial charge < -0.3 is 15.4 Å². The van der Waals surface area contributed by atoms with E-state index in [2.05, 4.69) is 54.0 Å². The maximum Gasteiger partial charge on any atom is 0.167 e. The molecule has 3 aromatic carbocycles. The van der Waals surface area contributed by atoms with Crippen LogP contribution in [0.4, 0.5) is 0 Å². The summed E-state index contributed by atoms with van der Waals surface area (Å²) in [6.45, 7) is 2.65. The molecule has 0 saturated heterocycles. The molecule has 27 heavy (non-hydrogen) atoms. The van der Waals surface area contributed by atoms with E-state index in [9.17, 15) is 0 Å². The quantitative estimate of drug-likeness (QED) is 0.608. The molecule has 0 saturated carbocycles. The predicted molar refractivity (Wildman–Crippen MR) is 115 cm³/mol. The summed E-state index contributed by atoms with van der Waals surface area (Å²) in [5, 5.41) is 7.36. The molecule has 0 aliphatic carbocycles. The molecule has 0 fully saturated rings. The Morgan fingerprint density at radius 1 is 0.926 bits per heavy atom. The first-order valence-electron chi connectivity index (χ1n) is 8.95. The van der Waals surface area contributed by atoms with Crippen molar-refractivity contribution in [3.8, 4) is 5.75 Å². The highest BCUT2D eigenvalue weighted by Gasteiger charge is 2.15. The van der Waals surface area contributed by atoms with Crippen molar-refractivity contribution in [1.29, 1.82) is 0 Å². The zero-order valence-electron chi connectivity index (χ0n) is 15.6. The van der Waals surface area contributed by atoms with Crippen molar-refractivity contribution in [2.24, 2.45) is 0 Å². The summed E-state index contributed by atoms with van der Waals surface area (Å²) in [6.07, 6.45) is 0. The van der Waals surface area contributed by atoms with Crippen molar-refractivity contribution in [2.45, 2.75) is 19.5 Å². The lowest BCUT2D eigenvalue weighted by molar-refractivity contribution is 0.408. The van der Waals surface area contributed by atoms with Crippen LogP contribution >= 0.6 is 12.2 Å². The Hall–Kier alpha value is -2.85. The molecule has 0 unspecified atom stereocenters. The molecular formula is C23H24N2OS. The molecule has 0 aromatic heterocycles. The average Bonchev–Trinajstić information content (AvgIpc) is 2.72. The van der Waals surface area contributed by atoms with Gasteiger partial charge in [0.15, 0.2) is 5.11 Å². The van der Waals surface area contributed by atoms with Crippen LogP contribution in [0.2, 0.25) is 0 Å². The third kappa shape index (κ3) is 5.08. The third-order valence-electron chi connectivity index (χ3n) is 4.42. The Kier molecular flexibility index (Phi) is 6.44. The van der Waals surface area contributed by atoms with Crippen LogP contribution in [0, 0.1) is 6.92 Å². The number of hydrogen-bond donors (Lipinski definition) is 2. The number of hydrogen-bond acceptors (Lipinski definition) is 2. The Morgan fingerprint density at radius 2 is 1.52 bits per heavy atom. The van der Waals surface area contributed by atoms with Crippen molar-refractivity contribution >= 4 is 17.3 Å². The summed E-state index contributed by atoms with van der Waals surface area (Å²) in [4.78, 5) is 0. The minimum atomic E-state index is -0.00712. The van der Waals surface area contributed by atoms with Crippen LogP contribution in [0.25, 0.3) is 0 Å². The maximum atomic E-state index is 5.57. The number of benzene rings is 3. The fourth-order valence-electron chi connectivity index (χ4n) is 3.01. The molecule has 0 aliphatic rings. The van der Waals surface area contributed by atoms with E-state index < -0.39 is 0 Å². The summed E-state index contributed by atoms with van der Waals surface area (Å²) in [5.41, 5.74) is 4.58. The fraction of sp³-hybridized carbons (Fsp3) is 0.174. The molecule has 3 nitrogen and oxygen atoms in total. The van der Waals surface area contributed by atoms with Gasteiger partial charge in [-0.1, -0.05) is 72.8 Å². The van der Waals surface area contributed by atoms with E-state index in [-0.39, 0.29) is 6.04 Å². The van der Waals surface area contributed by atoms with Gasteiger partial charge in [-0.2, -0.15) is 0 Å². The van der Waals surface area contributed by atoms with Crippen LogP contribution in [0.1, 0.15) is 28.3 Å². The van der Waals surface area contributed by atoms with Crippen LogP contribution in [0.3, 0.4) is 0 Å². The first-order valence-corrected chi connectivity index (χ1v) is 9.36. The van der Waals surface area contributed by atoms with E-state index in [1.165, 1.54) is 16.7 Å². The van der Waals surface area contributed by atoms with Gasteiger partial charge in [0.25, 0.3) is 0 Å². The SMILES string of the molecule is COc1cc(C)ccc1CNC(=S)NC(c1ccccc1)c1ccccc1. The van der Waals surface area contributed by atoms with Gasteiger partial charge in [-0.05, 0) is 41.9 Å². The predicted octanol–water partition coefficient (Wildman–Crippen LogP) is 4.76. The molecule has 3 rings (SSSR count). The van der Waals surface area contributed by atoms with Gasteiger partial charge in [-0.15, -0.1) is 0 Å². The van der Waals surface area contributed by atoms with E-state index >= 15 is 0 Å². The molecule has 0 atom stereocenters.